The van der Waals surface area contributed by atoms with Gasteiger partial charge in [0.15, 0.2) is 0 Å². The van der Waals surface area contributed by atoms with Crippen LogP contribution >= 0.6 is 0 Å². The first-order chi connectivity index (χ1) is 12.3. The Morgan fingerprint density at radius 3 is 2.96 bits per heavy atom. The Morgan fingerprint density at radius 2 is 2.16 bits per heavy atom. The second kappa shape index (κ2) is 7.72. The maximum Gasteiger partial charge on any atom is 0.126 e. The maximum atomic E-state index is 5.99. The molecule has 4 rings (SSSR count). The van der Waals surface area contributed by atoms with Crippen molar-refractivity contribution in [3.63, 3.8) is 0 Å². The zero-order valence-electron chi connectivity index (χ0n) is 14.9. The molecule has 0 aliphatic carbocycles. The van der Waals surface area contributed by atoms with Gasteiger partial charge in [0.1, 0.15) is 5.82 Å². The third-order valence-electron chi connectivity index (χ3n) is 5.41. The van der Waals surface area contributed by atoms with Crippen LogP contribution in [0.5, 0.6) is 0 Å². The summed E-state index contributed by atoms with van der Waals surface area (Å²) < 4.78 is 18.9. The van der Waals surface area contributed by atoms with Gasteiger partial charge in [0.05, 0.1) is 43.7 Å². The van der Waals surface area contributed by atoms with Crippen LogP contribution < -0.4 is 0 Å². The van der Waals surface area contributed by atoms with Crippen molar-refractivity contribution in [3.05, 3.63) is 41.9 Å². The minimum Gasteiger partial charge on any atom is -0.472 e. The molecule has 1 fully saturated rings. The summed E-state index contributed by atoms with van der Waals surface area (Å²) in [5.74, 6) is 1.78. The van der Waals surface area contributed by atoms with Crippen molar-refractivity contribution in [2.75, 3.05) is 26.4 Å². The fourth-order valence-electron chi connectivity index (χ4n) is 3.80. The summed E-state index contributed by atoms with van der Waals surface area (Å²) in [6.07, 6.45) is 7.77. The minimum atomic E-state index is 0.299. The Hall–Kier alpha value is -1.63. The Balaban J connectivity index is 1.34. The smallest absolute Gasteiger partial charge is 0.126 e. The van der Waals surface area contributed by atoms with E-state index in [1.807, 2.05) is 18.5 Å². The van der Waals surface area contributed by atoms with E-state index in [1.165, 1.54) is 11.3 Å². The Morgan fingerprint density at radius 1 is 1.28 bits per heavy atom. The topological polar surface area (TPSA) is 52.7 Å². The molecule has 2 aromatic heterocycles. The van der Waals surface area contributed by atoms with Crippen LogP contribution in [0.4, 0.5) is 0 Å². The maximum absolute atomic E-state index is 5.99. The summed E-state index contributed by atoms with van der Waals surface area (Å²) in [6, 6.07) is 2.33. The summed E-state index contributed by atoms with van der Waals surface area (Å²) in [5.41, 5.74) is 2.41. The lowest BCUT2D eigenvalue weighted by Gasteiger charge is -2.34. The standard InChI is InChI=1S/C19H27N3O3/c1-15-19-20-10-18(14-25-12-16-2-7-23-8-3-16)22(19)6-5-21(15)11-17-4-9-24-13-17/h4,9-10,13,15-16H,2-3,5-8,11-12,14H2,1H3. The van der Waals surface area contributed by atoms with Gasteiger partial charge in [-0.3, -0.25) is 4.90 Å². The first-order valence-corrected chi connectivity index (χ1v) is 9.26. The second-order valence-electron chi connectivity index (χ2n) is 7.11. The van der Waals surface area contributed by atoms with Gasteiger partial charge in [0, 0.05) is 38.4 Å². The monoisotopic (exact) mass is 345 g/mol. The molecule has 0 bridgehead atoms. The molecular weight excluding hydrogens is 318 g/mol. The van der Waals surface area contributed by atoms with E-state index < -0.39 is 0 Å². The number of fused-ring (bicyclic) bond motifs is 1. The highest BCUT2D eigenvalue weighted by molar-refractivity contribution is 5.12. The van der Waals surface area contributed by atoms with Gasteiger partial charge in [-0.1, -0.05) is 0 Å². The molecule has 1 saturated heterocycles. The average molecular weight is 345 g/mol. The highest BCUT2D eigenvalue weighted by Crippen LogP contribution is 2.27. The Labute approximate surface area is 148 Å². The third kappa shape index (κ3) is 3.81. The van der Waals surface area contributed by atoms with Crippen LogP contribution in [0, 0.1) is 5.92 Å². The van der Waals surface area contributed by atoms with E-state index in [9.17, 15) is 0 Å². The van der Waals surface area contributed by atoms with Gasteiger partial charge < -0.3 is 18.5 Å². The van der Waals surface area contributed by atoms with Crippen LogP contribution in [0.25, 0.3) is 0 Å². The number of nitrogens with zero attached hydrogens (tertiary/aromatic N) is 3. The molecule has 0 radical (unpaired) electrons. The van der Waals surface area contributed by atoms with E-state index in [-0.39, 0.29) is 0 Å². The van der Waals surface area contributed by atoms with Gasteiger partial charge in [0.25, 0.3) is 0 Å². The molecule has 0 amide bonds. The highest BCUT2D eigenvalue weighted by Gasteiger charge is 2.27. The van der Waals surface area contributed by atoms with E-state index in [1.54, 1.807) is 6.26 Å². The largest absolute Gasteiger partial charge is 0.472 e. The summed E-state index contributed by atoms with van der Waals surface area (Å²) in [5, 5.41) is 0. The third-order valence-corrected chi connectivity index (χ3v) is 5.41. The molecule has 136 valence electrons. The molecule has 1 unspecified atom stereocenters. The number of ether oxygens (including phenoxy) is 2. The number of furan rings is 1. The van der Waals surface area contributed by atoms with Crippen molar-refractivity contribution in [3.8, 4) is 0 Å². The van der Waals surface area contributed by atoms with E-state index >= 15 is 0 Å². The molecule has 2 aliphatic heterocycles. The number of hydrogen-bond acceptors (Lipinski definition) is 5. The molecule has 25 heavy (non-hydrogen) atoms. The normalized spacial score (nSPS) is 22.2. The van der Waals surface area contributed by atoms with Gasteiger partial charge in [-0.05, 0) is 31.7 Å². The molecule has 0 N–H and O–H groups in total. The zero-order valence-corrected chi connectivity index (χ0v) is 14.9. The quantitative estimate of drug-likeness (QED) is 0.805. The lowest BCUT2D eigenvalue weighted by Crippen LogP contribution is -2.37. The lowest BCUT2D eigenvalue weighted by molar-refractivity contribution is 0.0139. The van der Waals surface area contributed by atoms with Crippen molar-refractivity contribution in [1.82, 2.24) is 14.5 Å². The van der Waals surface area contributed by atoms with Crippen LogP contribution in [-0.4, -0.2) is 40.8 Å². The molecule has 0 spiro atoms. The predicted molar refractivity (Wildman–Crippen MR) is 93.0 cm³/mol. The molecule has 0 saturated carbocycles. The van der Waals surface area contributed by atoms with Crippen LogP contribution in [0.3, 0.4) is 0 Å². The Kier molecular flexibility index (Phi) is 5.20. The molecule has 6 heteroatoms. The van der Waals surface area contributed by atoms with Crippen LogP contribution in [0.15, 0.2) is 29.2 Å². The van der Waals surface area contributed by atoms with Crippen LogP contribution in [-0.2, 0) is 29.2 Å². The fourth-order valence-corrected chi connectivity index (χ4v) is 3.80. The average Bonchev–Trinajstić information content (AvgIpc) is 3.29. The molecule has 6 nitrogen and oxygen atoms in total. The van der Waals surface area contributed by atoms with Gasteiger partial charge >= 0.3 is 0 Å². The second-order valence-corrected chi connectivity index (χ2v) is 7.11. The van der Waals surface area contributed by atoms with Crippen molar-refractivity contribution in [1.29, 1.82) is 0 Å². The van der Waals surface area contributed by atoms with Crippen molar-refractivity contribution in [2.24, 2.45) is 5.92 Å². The minimum absolute atomic E-state index is 0.299. The SMILES string of the molecule is CC1c2ncc(COCC3CCOCC3)n2CCN1Cc1ccoc1. The molecule has 4 heterocycles. The van der Waals surface area contributed by atoms with Crippen LogP contribution in [0.2, 0.25) is 0 Å². The number of imidazole rings is 1. The molecule has 2 aliphatic rings. The summed E-state index contributed by atoms with van der Waals surface area (Å²) >= 11 is 0. The van der Waals surface area contributed by atoms with E-state index in [2.05, 4.69) is 21.4 Å². The Bertz CT molecular complexity index is 662. The molecule has 1 atom stereocenters. The number of aromatic nitrogens is 2. The number of rotatable bonds is 6. The molecule has 2 aromatic rings. The fraction of sp³-hybridized carbons (Fsp3) is 0.632. The lowest BCUT2D eigenvalue weighted by atomic mass is 10.0. The van der Waals surface area contributed by atoms with E-state index in [4.69, 9.17) is 13.9 Å². The van der Waals surface area contributed by atoms with Gasteiger partial charge in [-0.25, -0.2) is 4.98 Å². The van der Waals surface area contributed by atoms with Crippen molar-refractivity contribution in [2.45, 2.75) is 45.5 Å². The van der Waals surface area contributed by atoms with E-state index in [0.29, 0.717) is 18.6 Å². The predicted octanol–water partition coefficient (Wildman–Crippen LogP) is 3.00. The van der Waals surface area contributed by atoms with Crippen LogP contribution in [0.1, 0.15) is 42.9 Å². The zero-order chi connectivity index (χ0) is 17.1. The summed E-state index contributed by atoms with van der Waals surface area (Å²) in [7, 11) is 0. The van der Waals surface area contributed by atoms with Gasteiger partial charge in [-0.15, -0.1) is 0 Å². The highest BCUT2D eigenvalue weighted by atomic mass is 16.5. The van der Waals surface area contributed by atoms with E-state index in [0.717, 1.165) is 58.1 Å². The van der Waals surface area contributed by atoms with Gasteiger partial charge in [-0.2, -0.15) is 0 Å². The molecular formula is C19H27N3O3. The first kappa shape index (κ1) is 16.8. The van der Waals surface area contributed by atoms with Gasteiger partial charge in [0.2, 0.25) is 0 Å². The van der Waals surface area contributed by atoms with Crippen molar-refractivity contribution < 1.29 is 13.9 Å². The van der Waals surface area contributed by atoms with Crippen molar-refractivity contribution >= 4 is 0 Å². The summed E-state index contributed by atoms with van der Waals surface area (Å²) in [4.78, 5) is 7.12. The molecule has 0 aromatic carbocycles. The number of hydrogen-bond donors (Lipinski definition) is 0. The first-order valence-electron chi connectivity index (χ1n) is 9.26. The summed E-state index contributed by atoms with van der Waals surface area (Å²) in [6.45, 7) is 8.34.